The molecule has 0 heterocycles. The minimum absolute atomic E-state index is 0.0352. The first-order valence-electron chi connectivity index (χ1n) is 18.7. The molecule has 1 saturated carbocycles. The summed E-state index contributed by atoms with van der Waals surface area (Å²) in [6, 6.07) is 23.4. The van der Waals surface area contributed by atoms with E-state index in [0.29, 0.717) is 58.3 Å². The highest BCUT2D eigenvalue weighted by Crippen LogP contribution is 2.53. The number of ether oxygens (including phenoxy) is 8. The zero-order chi connectivity index (χ0) is 40.1. The Bertz CT molecular complexity index is 2030. The molecule has 4 aromatic rings. The predicted octanol–water partition coefficient (Wildman–Crippen LogP) is 9.90. The largest absolute Gasteiger partial charge is 0.493 e. The van der Waals surface area contributed by atoms with Crippen LogP contribution in [-0.4, -0.2) is 62.7 Å². The van der Waals surface area contributed by atoms with Gasteiger partial charge in [0.05, 0.1) is 56.9 Å². The van der Waals surface area contributed by atoms with Gasteiger partial charge in [-0.05, 0) is 115 Å². The smallest absolute Gasteiger partial charge is 0.161 e. The van der Waals surface area contributed by atoms with Crippen LogP contribution >= 0.6 is 0 Å². The fourth-order valence-corrected chi connectivity index (χ4v) is 7.82. The standard InChI is InChI=1S/C47H54O9/c1-49-39-21-16-32(27-43(39)53-5)11-9-13-35-25-26-47(31-35,36-19-24-42(52-4)46(30-36)56-8)37(14-10-12-33-17-22-40(50-2)44(28-33)54-6)38(48)20-15-34-18-23-41(51-3)45(29-34)55-7/h9-12,15-24,27-30,35,37H,13-14,25-26,31H2,1-8H3/b11-9+,12-10+,20-15+. The summed E-state index contributed by atoms with van der Waals surface area (Å²) in [6.07, 6.45) is 16.0. The first kappa shape index (κ1) is 41.3. The molecule has 0 bridgehead atoms. The molecule has 0 aromatic heterocycles. The van der Waals surface area contributed by atoms with E-state index in [9.17, 15) is 4.79 Å². The van der Waals surface area contributed by atoms with E-state index < -0.39 is 11.3 Å². The third kappa shape index (κ3) is 9.51. The van der Waals surface area contributed by atoms with Crippen LogP contribution in [0, 0.1) is 11.8 Å². The Morgan fingerprint density at radius 1 is 0.571 bits per heavy atom. The third-order valence-corrected chi connectivity index (χ3v) is 10.7. The van der Waals surface area contributed by atoms with Gasteiger partial charge in [0.15, 0.2) is 51.8 Å². The summed E-state index contributed by atoms with van der Waals surface area (Å²) < 4.78 is 44.4. The Labute approximate surface area is 331 Å². The summed E-state index contributed by atoms with van der Waals surface area (Å²) >= 11 is 0. The Morgan fingerprint density at radius 2 is 1.00 bits per heavy atom. The molecule has 5 rings (SSSR count). The zero-order valence-electron chi connectivity index (χ0n) is 33.8. The van der Waals surface area contributed by atoms with Gasteiger partial charge in [-0.1, -0.05) is 54.6 Å². The lowest BCUT2D eigenvalue weighted by atomic mass is 9.65. The molecular weight excluding hydrogens is 709 g/mol. The minimum atomic E-state index is -0.498. The summed E-state index contributed by atoms with van der Waals surface area (Å²) in [7, 11) is 13.0. The summed E-state index contributed by atoms with van der Waals surface area (Å²) in [5, 5.41) is 0. The van der Waals surface area contributed by atoms with Crippen molar-refractivity contribution in [1.82, 2.24) is 0 Å². The van der Waals surface area contributed by atoms with E-state index in [2.05, 4.69) is 30.4 Å². The van der Waals surface area contributed by atoms with Crippen molar-refractivity contribution in [3.63, 3.8) is 0 Å². The molecule has 1 aliphatic rings. The summed E-state index contributed by atoms with van der Waals surface area (Å²) in [4.78, 5) is 14.8. The van der Waals surface area contributed by atoms with Crippen molar-refractivity contribution in [3.8, 4) is 46.0 Å². The number of carbonyl (C=O) groups is 1. The minimum Gasteiger partial charge on any atom is -0.493 e. The lowest BCUT2D eigenvalue weighted by Gasteiger charge is -2.37. The number of hydrogen-bond acceptors (Lipinski definition) is 9. The lowest BCUT2D eigenvalue weighted by Crippen LogP contribution is -2.37. The van der Waals surface area contributed by atoms with Crippen molar-refractivity contribution in [2.24, 2.45) is 11.8 Å². The maximum Gasteiger partial charge on any atom is 0.161 e. The number of ketones is 1. The molecule has 0 aliphatic heterocycles. The molecule has 296 valence electrons. The van der Waals surface area contributed by atoms with Crippen molar-refractivity contribution in [2.45, 2.75) is 37.5 Å². The molecule has 3 atom stereocenters. The highest BCUT2D eigenvalue weighted by molar-refractivity contribution is 5.96. The zero-order valence-corrected chi connectivity index (χ0v) is 33.8. The number of benzene rings is 4. The van der Waals surface area contributed by atoms with Crippen LogP contribution in [0.25, 0.3) is 18.2 Å². The van der Waals surface area contributed by atoms with Crippen LogP contribution in [-0.2, 0) is 10.2 Å². The van der Waals surface area contributed by atoms with Gasteiger partial charge in [0, 0.05) is 11.3 Å². The van der Waals surface area contributed by atoms with Crippen LogP contribution in [0.5, 0.6) is 46.0 Å². The van der Waals surface area contributed by atoms with E-state index in [4.69, 9.17) is 37.9 Å². The number of carbonyl (C=O) groups excluding carboxylic acids is 1. The van der Waals surface area contributed by atoms with E-state index in [1.54, 1.807) is 63.0 Å². The molecule has 56 heavy (non-hydrogen) atoms. The van der Waals surface area contributed by atoms with Crippen LogP contribution in [0.2, 0.25) is 0 Å². The molecule has 1 fully saturated rings. The second-order valence-corrected chi connectivity index (χ2v) is 13.7. The molecule has 0 amide bonds. The van der Waals surface area contributed by atoms with Crippen molar-refractivity contribution < 1.29 is 42.7 Å². The topological polar surface area (TPSA) is 90.9 Å². The summed E-state index contributed by atoms with van der Waals surface area (Å²) in [5.41, 5.74) is 3.36. The predicted molar refractivity (Wildman–Crippen MR) is 222 cm³/mol. The van der Waals surface area contributed by atoms with E-state index in [1.165, 1.54) is 0 Å². The van der Waals surface area contributed by atoms with Crippen LogP contribution in [0.15, 0.2) is 91.0 Å². The van der Waals surface area contributed by atoms with Gasteiger partial charge in [-0.2, -0.15) is 0 Å². The molecule has 3 unspecified atom stereocenters. The van der Waals surface area contributed by atoms with E-state index >= 15 is 0 Å². The van der Waals surface area contributed by atoms with Gasteiger partial charge in [-0.3, -0.25) is 4.79 Å². The van der Waals surface area contributed by atoms with Gasteiger partial charge in [-0.25, -0.2) is 0 Å². The second kappa shape index (κ2) is 19.7. The molecular formula is C47H54O9. The number of methoxy groups -OCH3 is 8. The molecule has 0 N–H and O–H groups in total. The Morgan fingerprint density at radius 3 is 1.48 bits per heavy atom. The fraction of sp³-hybridized carbons (Fsp3) is 0.340. The average Bonchev–Trinajstić information content (AvgIpc) is 3.68. The van der Waals surface area contributed by atoms with E-state index in [1.807, 2.05) is 72.8 Å². The molecule has 9 nitrogen and oxygen atoms in total. The fourth-order valence-electron chi connectivity index (χ4n) is 7.82. The first-order chi connectivity index (χ1) is 27.2. The van der Waals surface area contributed by atoms with Crippen molar-refractivity contribution in [1.29, 1.82) is 0 Å². The maximum atomic E-state index is 14.8. The number of allylic oxidation sites excluding steroid dienone is 3. The van der Waals surface area contributed by atoms with Crippen LogP contribution < -0.4 is 37.9 Å². The quantitative estimate of drug-likeness (QED) is 0.0866. The maximum absolute atomic E-state index is 14.8. The van der Waals surface area contributed by atoms with Crippen molar-refractivity contribution >= 4 is 24.0 Å². The van der Waals surface area contributed by atoms with Crippen molar-refractivity contribution in [2.75, 3.05) is 56.9 Å². The van der Waals surface area contributed by atoms with Crippen LogP contribution in [0.3, 0.4) is 0 Å². The number of rotatable bonds is 19. The molecule has 1 aliphatic carbocycles. The summed E-state index contributed by atoms with van der Waals surface area (Å²) in [5.74, 6) is 5.14. The van der Waals surface area contributed by atoms with Gasteiger partial charge >= 0.3 is 0 Å². The molecule has 0 spiro atoms. The average molecular weight is 763 g/mol. The van der Waals surface area contributed by atoms with Gasteiger partial charge in [0.25, 0.3) is 0 Å². The first-order valence-corrected chi connectivity index (χ1v) is 18.7. The van der Waals surface area contributed by atoms with E-state index in [-0.39, 0.29) is 5.78 Å². The van der Waals surface area contributed by atoms with Gasteiger partial charge in [-0.15, -0.1) is 0 Å². The van der Waals surface area contributed by atoms with E-state index in [0.717, 1.165) is 47.9 Å². The molecule has 9 heteroatoms. The SMILES string of the molecule is COc1ccc(/C=C/CC2CCC(c3ccc(OC)c(OC)c3)(C(C/C=C/c3ccc(OC)c(OC)c3)C(=O)/C=C/c3ccc(OC)c(OC)c3)C2)cc1OC. The van der Waals surface area contributed by atoms with Crippen LogP contribution in [0.1, 0.15) is 54.4 Å². The van der Waals surface area contributed by atoms with Gasteiger partial charge in [0.2, 0.25) is 0 Å². The molecule has 0 saturated heterocycles. The normalized spacial score (nSPS) is 17.2. The van der Waals surface area contributed by atoms with Crippen molar-refractivity contribution in [3.05, 3.63) is 113 Å². The summed E-state index contributed by atoms with van der Waals surface area (Å²) in [6.45, 7) is 0. The molecule has 0 radical (unpaired) electrons. The van der Waals surface area contributed by atoms with Gasteiger partial charge < -0.3 is 37.9 Å². The Balaban J connectivity index is 1.54. The number of hydrogen-bond donors (Lipinski definition) is 0. The Hall–Kier alpha value is -5.83. The highest BCUT2D eigenvalue weighted by Gasteiger charge is 2.48. The third-order valence-electron chi connectivity index (χ3n) is 10.7. The molecule has 4 aromatic carbocycles. The van der Waals surface area contributed by atoms with Gasteiger partial charge in [0.1, 0.15) is 0 Å². The highest BCUT2D eigenvalue weighted by atomic mass is 16.5. The Kier molecular flexibility index (Phi) is 14.5. The monoisotopic (exact) mass is 762 g/mol. The second-order valence-electron chi connectivity index (χ2n) is 13.7. The van der Waals surface area contributed by atoms with Crippen LogP contribution in [0.4, 0.5) is 0 Å². The lowest BCUT2D eigenvalue weighted by molar-refractivity contribution is -0.120.